The van der Waals surface area contributed by atoms with Crippen molar-refractivity contribution in [3.05, 3.63) is 65.0 Å². The van der Waals surface area contributed by atoms with Crippen molar-refractivity contribution in [3.63, 3.8) is 0 Å². The first kappa shape index (κ1) is 27.0. The van der Waals surface area contributed by atoms with Crippen LogP contribution in [0.3, 0.4) is 0 Å². The highest BCUT2D eigenvalue weighted by Crippen LogP contribution is 2.39. The quantitative estimate of drug-likeness (QED) is 0.382. The third-order valence-electron chi connectivity index (χ3n) is 5.75. The number of amides is 2. The van der Waals surface area contributed by atoms with Crippen molar-refractivity contribution in [1.82, 2.24) is 25.6 Å². The standard InChI is InChI=1S/C26H30N6O5/c1-5-6-17-7-9-18(10-8-17)21(15-27)32(26(34)20-16-29-31-30-20)14-13-28-25(33)19-11-12-22(35-2)24(37-4)23(19)36-3/h7-12,16,21H,5-6,13-14H2,1-4H3,(H,28,33)(H,29,30,31). The van der Waals surface area contributed by atoms with Crippen LogP contribution in [0, 0.1) is 11.3 Å². The zero-order valence-electron chi connectivity index (χ0n) is 21.3. The molecule has 11 nitrogen and oxygen atoms in total. The highest BCUT2D eigenvalue weighted by molar-refractivity contribution is 5.98. The molecule has 1 atom stereocenters. The fraction of sp³-hybridized carbons (Fsp3) is 0.346. The molecular formula is C26H30N6O5. The number of rotatable bonds is 12. The maximum atomic E-state index is 13.2. The van der Waals surface area contributed by atoms with E-state index in [4.69, 9.17) is 14.2 Å². The lowest BCUT2D eigenvalue weighted by Crippen LogP contribution is -2.40. The van der Waals surface area contributed by atoms with Crippen LogP contribution in [0.1, 0.15) is 51.4 Å². The van der Waals surface area contributed by atoms with E-state index in [1.165, 1.54) is 32.4 Å². The highest BCUT2D eigenvalue weighted by Gasteiger charge is 2.28. The average Bonchev–Trinajstić information content (AvgIpc) is 3.47. The van der Waals surface area contributed by atoms with Gasteiger partial charge in [-0.3, -0.25) is 9.59 Å². The fourth-order valence-electron chi connectivity index (χ4n) is 3.94. The molecule has 2 aromatic carbocycles. The number of aromatic amines is 1. The van der Waals surface area contributed by atoms with Crippen molar-refractivity contribution in [3.8, 4) is 23.3 Å². The van der Waals surface area contributed by atoms with Crippen molar-refractivity contribution in [2.24, 2.45) is 0 Å². The largest absolute Gasteiger partial charge is 0.493 e. The molecule has 2 N–H and O–H groups in total. The smallest absolute Gasteiger partial charge is 0.277 e. The number of carbonyl (C=O) groups is 2. The van der Waals surface area contributed by atoms with Crippen LogP contribution in [0.25, 0.3) is 0 Å². The van der Waals surface area contributed by atoms with Gasteiger partial charge in [0.2, 0.25) is 5.75 Å². The second kappa shape index (κ2) is 12.9. The molecule has 1 unspecified atom stereocenters. The molecule has 0 spiro atoms. The van der Waals surface area contributed by atoms with Crippen molar-refractivity contribution in [2.45, 2.75) is 25.8 Å². The topological polar surface area (TPSA) is 142 Å². The van der Waals surface area contributed by atoms with Crippen LogP contribution in [0.5, 0.6) is 17.2 Å². The molecule has 0 bridgehead atoms. The van der Waals surface area contributed by atoms with E-state index < -0.39 is 17.9 Å². The molecular weight excluding hydrogens is 476 g/mol. The van der Waals surface area contributed by atoms with Crippen LogP contribution < -0.4 is 19.5 Å². The Balaban J connectivity index is 1.82. The van der Waals surface area contributed by atoms with E-state index in [2.05, 4.69) is 33.7 Å². The number of hydrogen-bond donors (Lipinski definition) is 2. The number of ether oxygens (including phenoxy) is 3. The molecule has 0 aliphatic rings. The minimum absolute atomic E-state index is 0.0436. The molecule has 3 aromatic rings. The number of aryl methyl sites for hydroxylation is 1. The van der Waals surface area contributed by atoms with Crippen LogP contribution in [0.15, 0.2) is 42.6 Å². The SMILES string of the molecule is CCCc1ccc(C(C#N)N(CCNC(=O)c2ccc(OC)c(OC)c2OC)C(=O)c2cn[nH]n2)cc1. The third kappa shape index (κ3) is 6.16. The predicted octanol–water partition coefficient (Wildman–Crippen LogP) is 2.92. The van der Waals surface area contributed by atoms with Gasteiger partial charge in [0, 0.05) is 13.1 Å². The van der Waals surface area contributed by atoms with Crippen LogP contribution in [-0.4, -0.2) is 66.5 Å². The summed E-state index contributed by atoms with van der Waals surface area (Å²) in [6.07, 6.45) is 3.22. The minimum Gasteiger partial charge on any atom is -0.493 e. The van der Waals surface area contributed by atoms with Crippen LogP contribution in [0.4, 0.5) is 0 Å². The van der Waals surface area contributed by atoms with Gasteiger partial charge < -0.3 is 24.4 Å². The second-order valence-corrected chi connectivity index (χ2v) is 8.01. The molecule has 37 heavy (non-hydrogen) atoms. The van der Waals surface area contributed by atoms with Crippen molar-refractivity contribution in [1.29, 1.82) is 5.26 Å². The van der Waals surface area contributed by atoms with Crippen LogP contribution in [-0.2, 0) is 6.42 Å². The molecule has 1 aromatic heterocycles. The summed E-state index contributed by atoms with van der Waals surface area (Å²) in [5, 5.41) is 22.8. The van der Waals surface area contributed by atoms with E-state index >= 15 is 0 Å². The van der Waals surface area contributed by atoms with Gasteiger partial charge >= 0.3 is 0 Å². The summed E-state index contributed by atoms with van der Waals surface area (Å²) in [7, 11) is 4.36. The van der Waals surface area contributed by atoms with Crippen molar-refractivity contribution >= 4 is 11.8 Å². The number of benzene rings is 2. The Bertz CT molecular complexity index is 1240. The monoisotopic (exact) mass is 506 g/mol. The maximum absolute atomic E-state index is 13.2. The number of H-pyrrole nitrogens is 1. The Hall–Kier alpha value is -4.59. The Labute approximate surface area is 215 Å². The summed E-state index contributed by atoms with van der Waals surface area (Å²) in [5.41, 5.74) is 2.11. The molecule has 0 aliphatic carbocycles. The number of nitriles is 1. The lowest BCUT2D eigenvalue weighted by Gasteiger charge is -2.27. The summed E-state index contributed by atoms with van der Waals surface area (Å²) in [6, 6.07) is 12.1. The maximum Gasteiger partial charge on any atom is 0.277 e. The van der Waals surface area contributed by atoms with E-state index in [1.54, 1.807) is 12.1 Å². The molecule has 3 rings (SSSR count). The number of nitrogens with zero attached hydrogens (tertiary/aromatic N) is 4. The first-order valence-corrected chi connectivity index (χ1v) is 11.7. The summed E-state index contributed by atoms with van der Waals surface area (Å²) in [5.74, 6) is -0.00412. The number of carbonyl (C=O) groups excluding carboxylic acids is 2. The first-order chi connectivity index (χ1) is 18.0. The van der Waals surface area contributed by atoms with Gasteiger partial charge in [-0.15, -0.1) is 0 Å². The Morgan fingerprint density at radius 3 is 2.38 bits per heavy atom. The van der Waals surface area contributed by atoms with Gasteiger partial charge in [-0.05, 0) is 29.7 Å². The summed E-state index contributed by atoms with van der Waals surface area (Å²) >= 11 is 0. The van der Waals surface area contributed by atoms with Gasteiger partial charge in [-0.1, -0.05) is 37.6 Å². The zero-order valence-corrected chi connectivity index (χ0v) is 21.3. The predicted molar refractivity (Wildman–Crippen MR) is 135 cm³/mol. The van der Waals surface area contributed by atoms with Gasteiger partial charge in [-0.25, -0.2) is 0 Å². The fourth-order valence-corrected chi connectivity index (χ4v) is 3.94. The van der Waals surface area contributed by atoms with E-state index in [1.807, 2.05) is 24.3 Å². The van der Waals surface area contributed by atoms with E-state index in [0.29, 0.717) is 11.3 Å². The number of nitrogens with one attached hydrogen (secondary N) is 2. The molecule has 0 saturated carbocycles. The van der Waals surface area contributed by atoms with E-state index in [9.17, 15) is 14.9 Å². The van der Waals surface area contributed by atoms with Gasteiger partial charge in [0.1, 0.15) is 6.04 Å². The average molecular weight is 507 g/mol. The molecule has 11 heteroatoms. The lowest BCUT2D eigenvalue weighted by atomic mass is 10.0. The van der Waals surface area contributed by atoms with E-state index in [0.717, 1.165) is 18.4 Å². The van der Waals surface area contributed by atoms with Gasteiger partial charge in [0.05, 0.1) is 39.2 Å². The summed E-state index contributed by atoms with van der Waals surface area (Å²) < 4.78 is 16.0. The molecule has 1 heterocycles. The molecule has 0 fully saturated rings. The van der Waals surface area contributed by atoms with Crippen LogP contribution >= 0.6 is 0 Å². The Kier molecular flexibility index (Phi) is 9.43. The minimum atomic E-state index is -0.896. The zero-order chi connectivity index (χ0) is 26.8. The molecule has 2 amide bonds. The van der Waals surface area contributed by atoms with Gasteiger partial charge in [-0.2, -0.15) is 20.7 Å². The van der Waals surface area contributed by atoms with E-state index in [-0.39, 0.29) is 35.8 Å². The Morgan fingerprint density at radius 2 is 1.81 bits per heavy atom. The third-order valence-corrected chi connectivity index (χ3v) is 5.75. The van der Waals surface area contributed by atoms with Crippen molar-refractivity contribution < 1.29 is 23.8 Å². The molecule has 0 radical (unpaired) electrons. The number of hydrogen-bond acceptors (Lipinski definition) is 8. The van der Waals surface area contributed by atoms with Gasteiger partial charge in [0.25, 0.3) is 11.8 Å². The second-order valence-electron chi connectivity index (χ2n) is 8.01. The van der Waals surface area contributed by atoms with Crippen LogP contribution in [0.2, 0.25) is 0 Å². The normalized spacial score (nSPS) is 11.2. The summed E-state index contributed by atoms with van der Waals surface area (Å²) in [4.78, 5) is 27.6. The van der Waals surface area contributed by atoms with Gasteiger partial charge in [0.15, 0.2) is 17.2 Å². The van der Waals surface area contributed by atoms with Crippen molar-refractivity contribution in [2.75, 3.05) is 34.4 Å². The number of aromatic nitrogens is 3. The molecule has 194 valence electrons. The summed E-state index contributed by atoms with van der Waals surface area (Å²) in [6.45, 7) is 2.20. The highest BCUT2D eigenvalue weighted by atomic mass is 16.5. The first-order valence-electron chi connectivity index (χ1n) is 11.7. The Morgan fingerprint density at radius 1 is 1.08 bits per heavy atom. The number of methoxy groups -OCH3 is 3. The molecule has 0 saturated heterocycles. The lowest BCUT2D eigenvalue weighted by molar-refractivity contribution is 0.0704. The molecule has 0 aliphatic heterocycles.